The van der Waals surface area contributed by atoms with Crippen LogP contribution in [-0.4, -0.2) is 27.5 Å². The summed E-state index contributed by atoms with van der Waals surface area (Å²) in [5, 5.41) is 6.99. The van der Waals surface area contributed by atoms with Crippen LogP contribution in [0, 0.1) is 0 Å². The number of amides is 1. The number of alkyl carbamates (subject to hydrolysis) is 1. The minimum Gasteiger partial charge on any atom is -0.444 e. The number of nitrogens with zero attached hydrogens (tertiary/aromatic N) is 2. The molecule has 0 unspecified atom stereocenters. The first kappa shape index (κ1) is 12.0. The Labute approximate surface area is 101 Å². The van der Waals surface area contributed by atoms with Crippen molar-refractivity contribution in [2.24, 2.45) is 7.05 Å². The molecule has 0 aliphatic heterocycles. The van der Waals surface area contributed by atoms with Crippen molar-refractivity contribution in [3.05, 3.63) is 18.0 Å². The van der Waals surface area contributed by atoms with E-state index in [1.165, 1.54) is 5.56 Å². The molecule has 1 N–H and O–H groups in total. The quantitative estimate of drug-likeness (QED) is 0.853. The highest BCUT2D eigenvalue weighted by Crippen LogP contribution is 2.40. The molecule has 0 spiro atoms. The predicted molar refractivity (Wildman–Crippen MR) is 63.7 cm³/mol. The largest absolute Gasteiger partial charge is 0.444 e. The van der Waals surface area contributed by atoms with Gasteiger partial charge < -0.3 is 10.1 Å². The molecule has 1 aliphatic carbocycles. The zero-order chi connectivity index (χ0) is 12.6. The molecule has 0 aromatic carbocycles. The van der Waals surface area contributed by atoms with Gasteiger partial charge in [-0.15, -0.1) is 0 Å². The Bertz CT molecular complexity index is 420. The molecule has 0 radical (unpaired) electrons. The van der Waals surface area contributed by atoms with Gasteiger partial charge >= 0.3 is 6.09 Å². The molecule has 94 valence electrons. The van der Waals surface area contributed by atoms with Crippen molar-refractivity contribution in [2.45, 2.75) is 44.8 Å². The Balaban J connectivity index is 1.82. The van der Waals surface area contributed by atoms with Crippen molar-refractivity contribution in [3.8, 4) is 0 Å². The van der Waals surface area contributed by atoms with Crippen molar-refractivity contribution in [3.63, 3.8) is 0 Å². The van der Waals surface area contributed by atoms with E-state index in [1.54, 1.807) is 4.68 Å². The molecular weight excluding hydrogens is 218 g/mol. The lowest BCUT2D eigenvalue weighted by molar-refractivity contribution is 0.0523. The Hall–Kier alpha value is -1.52. The maximum absolute atomic E-state index is 11.5. The predicted octanol–water partition coefficient (Wildman–Crippen LogP) is 1.80. The van der Waals surface area contributed by atoms with Gasteiger partial charge in [-0.05, 0) is 32.8 Å². The number of rotatable bonds is 2. The number of aromatic nitrogens is 2. The average Bonchev–Trinajstić information content (AvgIpc) is 2.75. The van der Waals surface area contributed by atoms with E-state index < -0.39 is 5.60 Å². The molecule has 5 heteroatoms. The minimum atomic E-state index is -0.442. The number of nitrogens with one attached hydrogen (secondary N) is 1. The first-order valence-electron chi connectivity index (χ1n) is 5.83. The molecule has 1 aromatic rings. The summed E-state index contributed by atoms with van der Waals surface area (Å²) in [6, 6.07) is 0.189. The van der Waals surface area contributed by atoms with Crippen LogP contribution in [0.5, 0.6) is 0 Å². The molecule has 1 heterocycles. The molecule has 0 saturated heterocycles. The van der Waals surface area contributed by atoms with Crippen LogP contribution in [0.3, 0.4) is 0 Å². The summed E-state index contributed by atoms with van der Waals surface area (Å²) in [5.41, 5.74) is 0.733. The highest BCUT2D eigenvalue weighted by Gasteiger charge is 2.41. The molecule has 1 fully saturated rings. The molecule has 2 rings (SSSR count). The van der Waals surface area contributed by atoms with Gasteiger partial charge in [0.1, 0.15) is 5.60 Å². The van der Waals surface area contributed by atoms with Crippen molar-refractivity contribution >= 4 is 6.09 Å². The second kappa shape index (κ2) is 4.05. The van der Waals surface area contributed by atoms with Gasteiger partial charge in [0.2, 0.25) is 0 Å². The van der Waals surface area contributed by atoms with Crippen LogP contribution in [0.1, 0.15) is 38.7 Å². The topological polar surface area (TPSA) is 56.2 Å². The van der Waals surface area contributed by atoms with Gasteiger partial charge in [0.15, 0.2) is 0 Å². The van der Waals surface area contributed by atoms with E-state index in [0.29, 0.717) is 5.92 Å². The van der Waals surface area contributed by atoms with E-state index in [0.717, 1.165) is 6.42 Å². The molecule has 17 heavy (non-hydrogen) atoms. The SMILES string of the molecule is Cn1cc([C@@H]2C[C@H]2NC(=O)OC(C)(C)C)cn1. The first-order chi connectivity index (χ1) is 7.85. The van der Waals surface area contributed by atoms with Crippen LogP contribution in [0.15, 0.2) is 12.4 Å². The molecule has 1 saturated carbocycles. The molecule has 5 nitrogen and oxygen atoms in total. The maximum Gasteiger partial charge on any atom is 0.407 e. The second-order valence-electron chi connectivity index (χ2n) is 5.54. The van der Waals surface area contributed by atoms with E-state index in [1.807, 2.05) is 40.2 Å². The van der Waals surface area contributed by atoms with Gasteiger partial charge in [-0.2, -0.15) is 5.10 Å². The number of hydrogen-bond acceptors (Lipinski definition) is 3. The highest BCUT2D eigenvalue weighted by atomic mass is 16.6. The fourth-order valence-corrected chi connectivity index (χ4v) is 1.81. The van der Waals surface area contributed by atoms with Gasteiger partial charge in [0.25, 0.3) is 0 Å². The zero-order valence-electron chi connectivity index (χ0n) is 10.7. The van der Waals surface area contributed by atoms with E-state index in [9.17, 15) is 4.79 Å². The molecule has 1 amide bonds. The van der Waals surface area contributed by atoms with E-state index in [4.69, 9.17) is 4.74 Å². The Morgan fingerprint density at radius 3 is 2.82 bits per heavy atom. The fourth-order valence-electron chi connectivity index (χ4n) is 1.81. The van der Waals surface area contributed by atoms with Crippen LogP contribution < -0.4 is 5.32 Å². The van der Waals surface area contributed by atoms with Crippen molar-refractivity contribution in [2.75, 3.05) is 0 Å². The average molecular weight is 237 g/mol. The third-order valence-electron chi connectivity index (χ3n) is 2.65. The summed E-state index contributed by atoms with van der Waals surface area (Å²) in [6.07, 6.45) is 4.46. The summed E-state index contributed by atoms with van der Waals surface area (Å²) in [6.45, 7) is 5.58. The summed E-state index contributed by atoms with van der Waals surface area (Å²) in [7, 11) is 1.89. The highest BCUT2D eigenvalue weighted by molar-refractivity contribution is 5.69. The molecule has 1 aromatic heterocycles. The fraction of sp³-hybridized carbons (Fsp3) is 0.667. The van der Waals surface area contributed by atoms with Crippen LogP contribution in [0.4, 0.5) is 4.79 Å². The molecule has 1 aliphatic rings. The van der Waals surface area contributed by atoms with Gasteiger partial charge in [0, 0.05) is 25.2 Å². The number of aryl methyl sites for hydroxylation is 1. The van der Waals surface area contributed by atoms with Crippen molar-refractivity contribution in [1.82, 2.24) is 15.1 Å². The third-order valence-corrected chi connectivity index (χ3v) is 2.65. The Morgan fingerprint density at radius 2 is 2.29 bits per heavy atom. The molecule has 2 atom stereocenters. The summed E-state index contributed by atoms with van der Waals surface area (Å²) >= 11 is 0. The standard InChI is InChI=1S/C12H19N3O2/c1-12(2,3)17-11(16)14-10-5-9(10)8-6-13-15(4)7-8/h6-7,9-10H,5H2,1-4H3,(H,14,16)/t9-,10+/m0/s1. The number of carbonyl (C=O) groups is 1. The van der Waals surface area contributed by atoms with E-state index in [-0.39, 0.29) is 12.1 Å². The van der Waals surface area contributed by atoms with Gasteiger partial charge in [-0.3, -0.25) is 4.68 Å². The van der Waals surface area contributed by atoms with E-state index in [2.05, 4.69) is 10.4 Å². The smallest absolute Gasteiger partial charge is 0.407 e. The minimum absolute atomic E-state index is 0.189. The number of carbonyl (C=O) groups excluding carboxylic acids is 1. The van der Waals surface area contributed by atoms with Gasteiger partial charge in [-0.1, -0.05) is 0 Å². The maximum atomic E-state index is 11.5. The van der Waals surface area contributed by atoms with Crippen molar-refractivity contribution in [1.29, 1.82) is 0 Å². The normalized spacial score (nSPS) is 23.3. The van der Waals surface area contributed by atoms with E-state index >= 15 is 0 Å². The molecule has 0 bridgehead atoms. The summed E-state index contributed by atoms with van der Waals surface area (Å²) in [5.74, 6) is 0.385. The van der Waals surface area contributed by atoms with Crippen LogP contribution in [0.25, 0.3) is 0 Å². The lowest BCUT2D eigenvalue weighted by atomic mass is 10.2. The summed E-state index contributed by atoms with van der Waals surface area (Å²) < 4.78 is 6.98. The summed E-state index contributed by atoms with van der Waals surface area (Å²) in [4.78, 5) is 11.5. The first-order valence-corrected chi connectivity index (χ1v) is 5.83. The van der Waals surface area contributed by atoms with Gasteiger partial charge in [0.05, 0.1) is 6.20 Å². The lowest BCUT2D eigenvalue weighted by Crippen LogP contribution is -2.34. The number of ether oxygens (including phenoxy) is 1. The van der Waals surface area contributed by atoms with Crippen LogP contribution in [0.2, 0.25) is 0 Å². The second-order valence-corrected chi connectivity index (χ2v) is 5.54. The van der Waals surface area contributed by atoms with Crippen LogP contribution >= 0.6 is 0 Å². The zero-order valence-corrected chi connectivity index (χ0v) is 10.7. The Morgan fingerprint density at radius 1 is 1.59 bits per heavy atom. The lowest BCUT2D eigenvalue weighted by Gasteiger charge is -2.19. The van der Waals surface area contributed by atoms with Crippen LogP contribution in [-0.2, 0) is 11.8 Å². The Kier molecular flexibility index (Phi) is 2.85. The van der Waals surface area contributed by atoms with Crippen molar-refractivity contribution < 1.29 is 9.53 Å². The third kappa shape index (κ3) is 3.22. The van der Waals surface area contributed by atoms with Gasteiger partial charge in [-0.25, -0.2) is 4.79 Å². The molecular formula is C12H19N3O2. The number of hydrogen-bond donors (Lipinski definition) is 1. The monoisotopic (exact) mass is 237 g/mol.